The summed E-state index contributed by atoms with van der Waals surface area (Å²) in [7, 11) is 0. The van der Waals surface area contributed by atoms with Crippen LogP contribution >= 0.6 is 0 Å². The fraction of sp³-hybridized carbons (Fsp3) is 0.786. The third kappa shape index (κ3) is 24.3. The predicted molar refractivity (Wildman–Crippen MR) is 71.4 cm³/mol. The van der Waals surface area contributed by atoms with Gasteiger partial charge < -0.3 is 19.5 Å². The van der Waals surface area contributed by atoms with Gasteiger partial charge >= 0.3 is 0 Å². The van der Waals surface area contributed by atoms with Gasteiger partial charge in [-0.15, -0.1) is 0 Å². The summed E-state index contributed by atoms with van der Waals surface area (Å²) in [5, 5.41) is 8.35. The molecule has 0 rings (SSSR count). The number of rotatable bonds is 10. The Kier molecular flexibility index (Phi) is 17.1. The van der Waals surface area contributed by atoms with E-state index in [-0.39, 0.29) is 18.2 Å². The topological polar surface area (TPSA) is 71.4 Å². The summed E-state index contributed by atoms with van der Waals surface area (Å²) in [6, 6.07) is 0. The van der Waals surface area contributed by atoms with Crippen molar-refractivity contribution in [2.45, 2.75) is 65.2 Å². The lowest BCUT2D eigenvalue weighted by Gasteiger charge is -1.93. The van der Waals surface area contributed by atoms with E-state index in [1.54, 1.807) is 13.8 Å². The van der Waals surface area contributed by atoms with Gasteiger partial charge in [0.1, 0.15) is 17.9 Å². The van der Waals surface area contributed by atoms with Crippen LogP contribution < -0.4 is 0 Å². The maximum atomic E-state index is 10.3. The zero-order valence-corrected chi connectivity index (χ0v) is 11.6. The summed E-state index contributed by atoms with van der Waals surface area (Å²) in [5.41, 5.74) is 0. The van der Waals surface area contributed by atoms with Crippen LogP contribution in [-0.4, -0.2) is 29.6 Å². The maximum Gasteiger partial charge on any atom is 0.129 e. The molecule has 0 spiro atoms. The molecule has 4 heteroatoms. The van der Waals surface area contributed by atoms with Crippen molar-refractivity contribution < 1.29 is 19.5 Å². The minimum absolute atomic E-state index is 0.209. The molecule has 18 heavy (non-hydrogen) atoms. The van der Waals surface area contributed by atoms with Crippen LogP contribution in [0.1, 0.15) is 65.2 Å². The quantitative estimate of drug-likeness (QED) is 0.482. The predicted octanol–water partition coefficient (Wildman–Crippen LogP) is 2.46. The Labute approximate surface area is 110 Å². The normalized spacial score (nSPS) is 9.28. The number of Topliss-reactive ketones (excluding diaryl/α,β-unsaturated/α-hetero) is 2. The molecule has 0 bridgehead atoms. The molecule has 0 heterocycles. The molecule has 4 nitrogen and oxygen atoms in total. The number of hydrogen-bond donors (Lipinski definition) is 1. The Morgan fingerprint density at radius 1 is 0.889 bits per heavy atom. The van der Waals surface area contributed by atoms with Crippen LogP contribution in [0.25, 0.3) is 0 Å². The van der Waals surface area contributed by atoms with Gasteiger partial charge in [-0.25, -0.2) is 0 Å². The molecule has 106 valence electrons. The Bertz CT molecular complexity index is 224. The van der Waals surface area contributed by atoms with Gasteiger partial charge in [0.15, 0.2) is 0 Å². The number of ketones is 2. The van der Waals surface area contributed by atoms with Crippen molar-refractivity contribution in [1.29, 1.82) is 0 Å². The molecule has 0 aliphatic heterocycles. The van der Waals surface area contributed by atoms with E-state index < -0.39 is 0 Å². The molecule has 0 saturated carbocycles. The molecule has 0 radical (unpaired) electrons. The fourth-order valence-corrected chi connectivity index (χ4v) is 1.26. The van der Waals surface area contributed by atoms with Gasteiger partial charge in [0.05, 0.1) is 0 Å². The van der Waals surface area contributed by atoms with Gasteiger partial charge in [-0.2, -0.15) is 0 Å². The second-order valence-electron chi connectivity index (χ2n) is 4.35. The Morgan fingerprint density at radius 3 is 1.78 bits per heavy atom. The van der Waals surface area contributed by atoms with Gasteiger partial charge in [0.2, 0.25) is 0 Å². The highest BCUT2D eigenvalue weighted by Crippen LogP contribution is 1.98. The second-order valence-corrected chi connectivity index (χ2v) is 4.35. The summed E-state index contributed by atoms with van der Waals surface area (Å²) in [4.78, 5) is 30.4. The van der Waals surface area contributed by atoms with Crippen molar-refractivity contribution in [3.8, 4) is 0 Å². The molecule has 0 atom stereocenters. The third-order valence-corrected chi connectivity index (χ3v) is 2.29. The summed E-state index contributed by atoms with van der Waals surface area (Å²) in [5.74, 6) is 0.453. The Morgan fingerprint density at radius 2 is 1.39 bits per heavy atom. The lowest BCUT2D eigenvalue weighted by atomic mass is 10.1. The summed E-state index contributed by atoms with van der Waals surface area (Å²) >= 11 is 0. The molecule has 0 amide bonds. The Balaban J connectivity index is 0. The van der Waals surface area contributed by atoms with Crippen LogP contribution in [0, 0.1) is 0 Å². The van der Waals surface area contributed by atoms with Crippen LogP contribution in [-0.2, 0) is 14.4 Å². The van der Waals surface area contributed by atoms with Crippen molar-refractivity contribution in [3.05, 3.63) is 0 Å². The van der Waals surface area contributed by atoms with E-state index in [1.807, 2.05) is 0 Å². The molecular weight excluding hydrogens is 232 g/mol. The fourth-order valence-electron chi connectivity index (χ4n) is 1.26. The van der Waals surface area contributed by atoms with Gasteiger partial charge in [0.25, 0.3) is 0 Å². The number of unbranched alkanes of at least 4 members (excludes halogenated alkanes) is 4. The largest absolute Gasteiger partial charge is 0.396 e. The molecule has 0 aliphatic carbocycles. The number of carbonyl (C=O) groups is 3. The highest BCUT2D eigenvalue weighted by molar-refractivity contribution is 5.75. The first-order valence-electron chi connectivity index (χ1n) is 6.58. The second kappa shape index (κ2) is 16.0. The molecule has 0 aliphatic rings. The number of aldehydes is 1. The summed E-state index contributed by atoms with van der Waals surface area (Å²) < 4.78 is 0. The van der Waals surface area contributed by atoms with Crippen molar-refractivity contribution >= 4 is 17.9 Å². The van der Waals surface area contributed by atoms with Crippen molar-refractivity contribution in [2.24, 2.45) is 0 Å². The van der Waals surface area contributed by atoms with E-state index in [0.717, 1.165) is 38.4 Å². The number of hydrogen-bond acceptors (Lipinski definition) is 4. The van der Waals surface area contributed by atoms with Gasteiger partial charge in [-0.05, 0) is 39.5 Å². The average molecular weight is 258 g/mol. The van der Waals surface area contributed by atoms with E-state index in [2.05, 4.69) is 0 Å². The van der Waals surface area contributed by atoms with Crippen LogP contribution in [0.15, 0.2) is 0 Å². The highest BCUT2D eigenvalue weighted by atomic mass is 16.3. The van der Waals surface area contributed by atoms with E-state index >= 15 is 0 Å². The average Bonchev–Trinajstić information content (AvgIpc) is 2.31. The SMILES string of the molecule is CC(=O)CCCCC=O.CC(=O)CCCCCO. The van der Waals surface area contributed by atoms with Crippen LogP contribution in [0.5, 0.6) is 0 Å². The number of carbonyl (C=O) groups excluding carboxylic acids is 3. The van der Waals surface area contributed by atoms with E-state index in [1.165, 1.54) is 0 Å². The number of aliphatic hydroxyl groups is 1. The molecule has 0 unspecified atom stereocenters. The van der Waals surface area contributed by atoms with Crippen LogP contribution in [0.2, 0.25) is 0 Å². The molecule has 0 saturated heterocycles. The first-order valence-corrected chi connectivity index (χ1v) is 6.58. The highest BCUT2D eigenvalue weighted by Gasteiger charge is 1.92. The van der Waals surface area contributed by atoms with Crippen molar-refractivity contribution in [2.75, 3.05) is 6.61 Å². The van der Waals surface area contributed by atoms with Crippen molar-refractivity contribution in [1.82, 2.24) is 0 Å². The molecular formula is C14H26O4. The smallest absolute Gasteiger partial charge is 0.129 e. The van der Waals surface area contributed by atoms with Crippen molar-refractivity contribution in [3.63, 3.8) is 0 Å². The first kappa shape index (κ1) is 19.3. The minimum Gasteiger partial charge on any atom is -0.396 e. The van der Waals surface area contributed by atoms with Gasteiger partial charge in [0, 0.05) is 25.9 Å². The minimum atomic E-state index is 0.209. The summed E-state index contributed by atoms with van der Waals surface area (Å²) in [6.45, 7) is 3.41. The van der Waals surface area contributed by atoms with Gasteiger partial charge in [-0.1, -0.05) is 6.42 Å². The number of aliphatic hydroxyl groups excluding tert-OH is 1. The maximum absolute atomic E-state index is 10.3. The monoisotopic (exact) mass is 258 g/mol. The zero-order valence-electron chi connectivity index (χ0n) is 11.6. The molecule has 0 aromatic rings. The molecule has 0 fully saturated rings. The molecule has 0 aromatic carbocycles. The van der Waals surface area contributed by atoms with E-state index in [9.17, 15) is 14.4 Å². The van der Waals surface area contributed by atoms with Crippen LogP contribution in [0.4, 0.5) is 0 Å². The lowest BCUT2D eigenvalue weighted by Crippen LogP contribution is -1.90. The first-order chi connectivity index (χ1) is 8.54. The molecule has 0 aromatic heterocycles. The third-order valence-electron chi connectivity index (χ3n) is 2.29. The zero-order chi connectivity index (χ0) is 14.2. The Hall–Kier alpha value is -1.03. The van der Waals surface area contributed by atoms with E-state index in [0.29, 0.717) is 19.3 Å². The standard InChI is InChI=1S/C7H14O2.C7H12O2/c2*1-7(9)5-3-2-4-6-8/h8H,2-6H2,1H3;6H,2-5H2,1H3. The molecule has 1 N–H and O–H groups in total. The van der Waals surface area contributed by atoms with Crippen LogP contribution in [0.3, 0.4) is 0 Å². The lowest BCUT2D eigenvalue weighted by molar-refractivity contribution is -0.118. The van der Waals surface area contributed by atoms with Gasteiger partial charge in [-0.3, -0.25) is 0 Å². The van der Waals surface area contributed by atoms with E-state index in [4.69, 9.17) is 5.11 Å². The summed E-state index contributed by atoms with van der Waals surface area (Å²) in [6.07, 6.45) is 7.19.